The van der Waals surface area contributed by atoms with Gasteiger partial charge in [-0.3, -0.25) is 9.59 Å². The number of hydrogen-bond donors (Lipinski definition) is 2. The smallest absolute Gasteiger partial charge is 0.258 e. The van der Waals surface area contributed by atoms with Crippen molar-refractivity contribution >= 4 is 34.2 Å². The van der Waals surface area contributed by atoms with Gasteiger partial charge in [-0.25, -0.2) is 4.39 Å². The number of fused-ring (bicyclic) bond motifs is 1. The van der Waals surface area contributed by atoms with Crippen LogP contribution in [-0.2, 0) is 0 Å². The topological polar surface area (TPSA) is 88.6 Å². The number of amides is 2. The maximum absolute atomic E-state index is 13.7. The molecule has 3 N–H and O–H groups in total. The van der Waals surface area contributed by atoms with E-state index in [4.69, 9.17) is 10.2 Å². The van der Waals surface area contributed by atoms with E-state index < -0.39 is 0 Å². The first-order valence-corrected chi connectivity index (χ1v) is 12.8. The van der Waals surface area contributed by atoms with Crippen LogP contribution in [0.15, 0.2) is 95.4 Å². The third-order valence-corrected chi connectivity index (χ3v) is 7.01. The van der Waals surface area contributed by atoms with Gasteiger partial charge in [-0.2, -0.15) is 0 Å². The highest BCUT2D eigenvalue weighted by Crippen LogP contribution is 2.39. The van der Waals surface area contributed by atoms with E-state index in [0.29, 0.717) is 44.7 Å². The minimum Gasteiger partial charge on any atom is -0.455 e. The zero-order valence-corrected chi connectivity index (χ0v) is 21.3. The quantitative estimate of drug-likeness (QED) is 0.246. The maximum Gasteiger partial charge on any atom is 0.258 e. The number of para-hydroxylation sites is 1. The Hall–Kier alpha value is -4.91. The average molecular weight is 520 g/mol. The number of nitrogens with two attached hydrogens (primary N) is 1. The van der Waals surface area contributed by atoms with E-state index in [1.165, 1.54) is 12.1 Å². The summed E-state index contributed by atoms with van der Waals surface area (Å²) in [6.07, 6.45) is 1.95. The van der Waals surface area contributed by atoms with Crippen molar-refractivity contribution in [1.82, 2.24) is 5.32 Å². The Morgan fingerprint density at radius 3 is 2.36 bits per heavy atom. The molecule has 1 aromatic heterocycles. The summed E-state index contributed by atoms with van der Waals surface area (Å²) in [7, 11) is 1.54. The summed E-state index contributed by atoms with van der Waals surface area (Å²) in [4.78, 5) is 28.5. The van der Waals surface area contributed by atoms with Gasteiger partial charge in [0.2, 0.25) is 0 Å². The number of nitrogen functional groups attached to an aromatic ring is 1. The van der Waals surface area contributed by atoms with Gasteiger partial charge in [0.25, 0.3) is 11.8 Å². The van der Waals surface area contributed by atoms with Crippen molar-refractivity contribution in [2.24, 2.45) is 0 Å². The van der Waals surface area contributed by atoms with E-state index in [-0.39, 0.29) is 23.7 Å². The van der Waals surface area contributed by atoms with E-state index in [0.717, 1.165) is 24.1 Å². The summed E-state index contributed by atoms with van der Waals surface area (Å²) < 4.78 is 19.6. The van der Waals surface area contributed by atoms with Crippen LogP contribution >= 0.6 is 0 Å². The fourth-order valence-electron chi connectivity index (χ4n) is 4.94. The number of carbonyl (C=O) groups is 2. The summed E-state index contributed by atoms with van der Waals surface area (Å²) >= 11 is 0. The van der Waals surface area contributed by atoms with Crippen molar-refractivity contribution in [3.8, 4) is 22.5 Å². The molecular weight excluding hydrogens is 493 g/mol. The van der Waals surface area contributed by atoms with E-state index >= 15 is 0 Å². The maximum atomic E-state index is 13.7. The molecule has 39 heavy (non-hydrogen) atoms. The van der Waals surface area contributed by atoms with Crippen LogP contribution < -0.4 is 16.0 Å². The Labute approximate surface area is 224 Å². The molecule has 194 valence electrons. The zero-order chi connectivity index (χ0) is 27.1. The van der Waals surface area contributed by atoms with Crippen molar-refractivity contribution in [3.05, 3.63) is 108 Å². The van der Waals surface area contributed by atoms with Crippen LogP contribution in [-0.4, -0.2) is 24.9 Å². The molecule has 7 heteroatoms. The largest absolute Gasteiger partial charge is 0.455 e. The van der Waals surface area contributed by atoms with E-state index in [1.54, 1.807) is 31.3 Å². The van der Waals surface area contributed by atoms with Gasteiger partial charge in [0.15, 0.2) is 0 Å². The molecular formula is C32H26FN3O3. The molecule has 1 aliphatic carbocycles. The second-order valence-electron chi connectivity index (χ2n) is 9.65. The molecule has 0 saturated heterocycles. The third-order valence-electron chi connectivity index (χ3n) is 7.01. The number of furan rings is 1. The zero-order valence-electron chi connectivity index (χ0n) is 21.3. The molecule has 0 aliphatic heterocycles. The van der Waals surface area contributed by atoms with Gasteiger partial charge < -0.3 is 20.4 Å². The van der Waals surface area contributed by atoms with Gasteiger partial charge >= 0.3 is 0 Å². The van der Waals surface area contributed by atoms with Gasteiger partial charge in [-0.15, -0.1) is 0 Å². The highest BCUT2D eigenvalue weighted by Gasteiger charge is 2.34. The first-order valence-electron chi connectivity index (χ1n) is 12.8. The van der Waals surface area contributed by atoms with Crippen LogP contribution in [0.1, 0.15) is 33.6 Å². The fourth-order valence-corrected chi connectivity index (χ4v) is 4.94. The van der Waals surface area contributed by atoms with Gasteiger partial charge in [-0.05, 0) is 73.0 Å². The number of halogens is 1. The number of nitrogens with one attached hydrogen (secondary N) is 1. The SMILES string of the molecule is CNC(=O)c1c(-c2ccc(F)cc2)oc2cc(N)c(-c3cccc(C(=O)N(c4ccccc4)C4CC4)c3)cc12. The van der Waals surface area contributed by atoms with Crippen molar-refractivity contribution in [3.63, 3.8) is 0 Å². The van der Waals surface area contributed by atoms with Crippen LogP contribution in [0.25, 0.3) is 33.4 Å². The molecule has 1 fully saturated rings. The van der Waals surface area contributed by atoms with Crippen LogP contribution in [0.5, 0.6) is 0 Å². The summed E-state index contributed by atoms with van der Waals surface area (Å²) in [6, 6.07) is 26.5. The lowest BCUT2D eigenvalue weighted by Crippen LogP contribution is -2.33. The molecule has 0 unspecified atom stereocenters. The average Bonchev–Trinajstić information content (AvgIpc) is 3.73. The predicted molar refractivity (Wildman–Crippen MR) is 151 cm³/mol. The molecule has 6 rings (SSSR count). The number of hydrogen-bond acceptors (Lipinski definition) is 4. The van der Waals surface area contributed by atoms with Gasteiger partial charge in [0, 0.05) is 52.6 Å². The number of nitrogens with zero attached hydrogens (tertiary/aromatic N) is 1. The molecule has 6 nitrogen and oxygen atoms in total. The molecule has 4 aromatic carbocycles. The lowest BCUT2D eigenvalue weighted by molar-refractivity contribution is 0.0962. The van der Waals surface area contributed by atoms with Crippen LogP contribution in [0, 0.1) is 5.82 Å². The normalized spacial score (nSPS) is 12.9. The third kappa shape index (κ3) is 4.52. The van der Waals surface area contributed by atoms with Gasteiger partial charge in [0.1, 0.15) is 17.2 Å². The molecule has 5 aromatic rings. The first-order chi connectivity index (χ1) is 18.9. The molecule has 2 amide bonds. The molecule has 1 heterocycles. The molecule has 1 aliphatic rings. The summed E-state index contributed by atoms with van der Waals surface area (Å²) in [5.74, 6) is -0.466. The van der Waals surface area contributed by atoms with Gasteiger partial charge in [-0.1, -0.05) is 30.3 Å². The van der Waals surface area contributed by atoms with Crippen LogP contribution in [0.2, 0.25) is 0 Å². The molecule has 1 saturated carbocycles. The number of anilines is 2. The van der Waals surface area contributed by atoms with Crippen LogP contribution in [0.4, 0.5) is 15.8 Å². The molecule has 0 radical (unpaired) electrons. The minimum atomic E-state index is -0.384. The Kier molecular flexibility index (Phi) is 6.11. The molecule has 0 spiro atoms. The van der Waals surface area contributed by atoms with Crippen LogP contribution in [0.3, 0.4) is 0 Å². The highest BCUT2D eigenvalue weighted by atomic mass is 19.1. The molecule has 0 bridgehead atoms. The standard InChI is InChI=1S/C32H26FN3O3/c1-35-31(37)29-26-17-25(27(34)18-28(26)39-30(29)19-10-12-22(33)13-11-19)20-6-5-7-21(16-20)32(38)36(24-14-15-24)23-8-3-2-4-9-23/h2-13,16-18,24H,14-15,34H2,1H3,(H,35,37). The second kappa shape index (κ2) is 9.76. The highest BCUT2D eigenvalue weighted by molar-refractivity contribution is 6.13. The minimum absolute atomic E-state index is 0.0712. The van der Waals surface area contributed by atoms with Crippen molar-refractivity contribution in [1.29, 1.82) is 0 Å². The summed E-state index contributed by atoms with van der Waals surface area (Å²) in [5, 5.41) is 3.24. The van der Waals surface area contributed by atoms with E-state index in [9.17, 15) is 14.0 Å². The van der Waals surface area contributed by atoms with Crippen molar-refractivity contribution < 1.29 is 18.4 Å². The Morgan fingerprint density at radius 2 is 1.67 bits per heavy atom. The summed E-state index contributed by atoms with van der Waals surface area (Å²) in [5.41, 5.74) is 11.1. The fraction of sp³-hybridized carbons (Fsp3) is 0.125. The summed E-state index contributed by atoms with van der Waals surface area (Å²) in [6.45, 7) is 0. The number of rotatable bonds is 6. The molecule has 0 atom stereocenters. The van der Waals surface area contributed by atoms with E-state index in [2.05, 4.69) is 5.32 Å². The first kappa shape index (κ1) is 24.4. The lowest BCUT2D eigenvalue weighted by Gasteiger charge is -2.23. The van der Waals surface area contributed by atoms with Crippen molar-refractivity contribution in [2.45, 2.75) is 18.9 Å². The lowest BCUT2D eigenvalue weighted by atomic mass is 9.97. The Morgan fingerprint density at radius 1 is 0.923 bits per heavy atom. The number of benzene rings is 4. The predicted octanol–water partition coefficient (Wildman–Crippen LogP) is 6.66. The number of carbonyl (C=O) groups excluding carboxylic acids is 2. The van der Waals surface area contributed by atoms with E-state index in [1.807, 2.05) is 59.5 Å². The monoisotopic (exact) mass is 519 g/mol. The van der Waals surface area contributed by atoms with Gasteiger partial charge in [0.05, 0.1) is 5.56 Å². The Balaban J connectivity index is 1.44. The van der Waals surface area contributed by atoms with Crippen molar-refractivity contribution in [2.75, 3.05) is 17.7 Å². The second-order valence-corrected chi connectivity index (χ2v) is 9.65. The Bertz CT molecular complexity index is 1710.